The number of rotatable bonds is 2. The summed E-state index contributed by atoms with van der Waals surface area (Å²) in [7, 11) is 3.43. The molecule has 0 radical (unpaired) electrons. The van der Waals surface area contributed by atoms with Crippen molar-refractivity contribution >= 4 is 0 Å². The van der Waals surface area contributed by atoms with E-state index >= 15 is 0 Å². The first-order valence-corrected chi connectivity index (χ1v) is 6.13. The van der Waals surface area contributed by atoms with Gasteiger partial charge in [0.25, 0.3) is 11.7 Å². The summed E-state index contributed by atoms with van der Waals surface area (Å²) in [5.74, 6) is -1.97. The van der Waals surface area contributed by atoms with Crippen molar-refractivity contribution in [2.45, 2.75) is 25.5 Å². The summed E-state index contributed by atoms with van der Waals surface area (Å²) in [6.07, 6.45) is 0. The third-order valence-corrected chi connectivity index (χ3v) is 4.17. The second kappa shape index (κ2) is 3.55. The quantitative estimate of drug-likeness (QED) is 0.709. The predicted molar refractivity (Wildman–Crippen MR) is 68.5 cm³/mol. The van der Waals surface area contributed by atoms with E-state index in [-0.39, 0.29) is 0 Å². The smallest absolute Gasteiger partial charge is 0.293 e. The van der Waals surface area contributed by atoms with E-state index in [0.29, 0.717) is 24.7 Å². The molecule has 0 atom stereocenters. The fourth-order valence-corrected chi connectivity index (χ4v) is 3.07. The van der Waals surface area contributed by atoms with Crippen LogP contribution in [0, 0.1) is 0 Å². The lowest BCUT2D eigenvalue weighted by molar-refractivity contribution is -0.290. The summed E-state index contributed by atoms with van der Waals surface area (Å²) in [4.78, 5) is 6.53. The van der Waals surface area contributed by atoms with Gasteiger partial charge < -0.3 is 29.8 Å². The van der Waals surface area contributed by atoms with Gasteiger partial charge in [0.15, 0.2) is 0 Å². The zero-order chi connectivity index (χ0) is 13.9. The van der Waals surface area contributed by atoms with Crippen molar-refractivity contribution in [1.29, 1.82) is 0 Å². The van der Waals surface area contributed by atoms with Crippen molar-refractivity contribution in [3.05, 3.63) is 24.8 Å². The van der Waals surface area contributed by atoms with Crippen molar-refractivity contribution in [1.82, 2.24) is 19.6 Å². The fraction of sp³-hybridized carbons (Fsp3) is 0.667. The highest BCUT2D eigenvalue weighted by Crippen LogP contribution is 2.51. The third-order valence-electron chi connectivity index (χ3n) is 4.17. The van der Waals surface area contributed by atoms with Gasteiger partial charge in [-0.2, -0.15) is 0 Å². The minimum Gasteiger partial charge on any atom is -0.348 e. The van der Waals surface area contributed by atoms with Gasteiger partial charge in [0.05, 0.1) is 0 Å². The normalized spacial score (nSPS) is 35.9. The maximum Gasteiger partial charge on any atom is 0.293 e. The van der Waals surface area contributed by atoms with E-state index in [1.54, 1.807) is 33.7 Å². The molecule has 0 aromatic heterocycles. The monoisotopic (exact) mass is 254 g/mol. The van der Waals surface area contributed by atoms with E-state index in [1.807, 2.05) is 13.8 Å². The van der Waals surface area contributed by atoms with Crippen molar-refractivity contribution in [2.24, 2.45) is 0 Å². The Morgan fingerprint density at radius 3 is 1.50 bits per heavy atom. The highest BCUT2D eigenvalue weighted by molar-refractivity contribution is 5.25. The molecule has 0 amide bonds. The Labute approximate surface area is 108 Å². The van der Waals surface area contributed by atoms with Crippen LogP contribution >= 0.6 is 0 Å². The average molecular weight is 254 g/mol. The molecule has 0 aromatic carbocycles. The molecule has 2 heterocycles. The van der Waals surface area contributed by atoms with E-state index in [2.05, 4.69) is 13.2 Å². The van der Waals surface area contributed by atoms with Crippen LogP contribution in [-0.4, -0.2) is 68.7 Å². The Hall–Kier alpha value is -1.40. The summed E-state index contributed by atoms with van der Waals surface area (Å²) < 4.78 is 0. The van der Waals surface area contributed by atoms with Gasteiger partial charge in [-0.15, -0.1) is 0 Å². The van der Waals surface area contributed by atoms with Gasteiger partial charge in [-0.25, -0.2) is 0 Å². The first-order valence-electron chi connectivity index (χ1n) is 6.13. The number of fused-ring (bicyclic) bond motifs is 1. The van der Waals surface area contributed by atoms with Crippen molar-refractivity contribution in [3.63, 3.8) is 0 Å². The van der Waals surface area contributed by atoms with E-state index < -0.39 is 11.7 Å². The standard InChI is InChI=1S/C12H22N4O2/c1-7-15-9(3)13(5)11(17)12(15,18)16(8-2)10(4)14(11)6/h17-18H,3-4,7-8H2,1-2,5-6H3/t11-,12+. The van der Waals surface area contributed by atoms with Crippen molar-refractivity contribution in [2.75, 3.05) is 27.2 Å². The van der Waals surface area contributed by atoms with E-state index in [9.17, 15) is 10.2 Å². The highest BCUT2D eigenvalue weighted by Gasteiger charge is 2.73. The van der Waals surface area contributed by atoms with Crippen LogP contribution in [-0.2, 0) is 0 Å². The molecule has 0 spiro atoms. The molecule has 2 saturated heterocycles. The summed E-state index contributed by atoms with van der Waals surface area (Å²) in [6.45, 7) is 12.8. The molecule has 2 N–H and O–H groups in total. The maximum absolute atomic E-state index is 11.1. The Balaban J connectivity index is 2.65. The molecule has 0 aliphatic carbocycles. The van der Waals surface area contributed by atoms with Gasteiger partial charge in [-0.3, -0.25) is 0 Å². The summed E-state index contributed by atoms with van der Waals surface area (Å²) in [6, 6.07) is 0. The molecule has 2 rings (SSSR count). The zero-order valence-corrected chi connectivity index (χ0v) is 11.5. The van der Waals surface area contributed by atoms with Gasteiger partial charge in [0.2, 0.25) is 0 Å². The van der Waals surface area contributed by atoms with Crippen LogP contribution in [0.1, 0.15) is 13.8 Å². The molecule has 102 valence electrons. The van der Waals surface area contributed by atoms with Crippen LogP contribution < -0.4 is 0 Å². The first kappa shape index (κ1) is 13.0. The van der Waals surface area contributed by atoms with Gasteiger partial charge >= 0.3 is 0 Å². The molecule has 6 nitrogen and oxygen atoms in total. The summed E-state index contributed by atoms with van der Waals surface area (Å²) in [5.41, 5.74) is 0. The zero-order valence-electron chi connectivity index (χ0n) is 11.5. The van der Waals surface area contributed by atoms with Crippen LogP contribution in [0.25, 0.3) is 0 Å². The third kappa shape index (κ3) is 1.01. The second-order valence-corrected chi connectivity index (χ2v) is 4.71. The van der Waals surface area contributed by atoms with Crippen LogP contribution in [0.3, 0.4) is 0 Å². The minimum absolute atomic E-state index is 0.541. The lowest BCUT2D eigenvalue weighted by atomic mass is 10.2. The lowest BCUT2D eigenvalue weighted by Gasteiger charge is -2.41. The number of hydrogen-bond acceptors (Lipinski definition) is 6. The molecule has 0 bridgehead atoms. The molecule has 6 heteroatoms. The number of hydrogen-bond donors (Lipinski definition) is 2. The summed E-state index contributed by atoms with van der Waals surface area (Å²) in [5, 5.41) is 22.1. The van der Waals surface area contributed by atoms with Gasteiger partial charge in [0.1, 0.15) is 11.6 Å². The molecular formula is C12H22N4O2. The van der Waals surface area contributed by atoms with Crippen LogP contribution in [0.2, 0.25) is 0 Å². The molecule has 0 aromatic rings. The summed E-state index contributed by atoms with van der Waals surface area (Å²) >= 11 is 0. The Morgan fingerprint density at radius 1 is 0.889 bits per heavy atom. The topological polar surface area (TPSA) is 53.4 Å². The van der Waals surface area contributed by atoms with E-state index in [0.717, 1.165) is 0 Å². The Morgan fingerprint density at radius 2 is 1.22 bits per heavy atom. The molecule has 0 unspecified atom stereocenters. The fourth-order valence-electron chi connectivity index (χ4n) is 3.07. The molecule has 2 fully saturated rings. The predicted octanol–water partition coefficient (Wildman–Crippen LogP) is -0.244. The maximum atomic E-state index is 11.1. The van der Waals surface area contributed by atoms with Crippen LogP contribution in [0.15, 0.2) is 24.8 Å². The van der Waals surface area contributed by atoms with Crippen LogP contribution in [0.5, 0.6) is 0 Å². The first-order chi connectivity index (χ1) is 8.28. The molecule has 2 aliphatic heterocycles. The van der Waals surface area contributed by atoms with Gasteiger partial charge in [-0.1, -0.05) is 13.2 Å². The largest absolute Gasteiger partial charge is 0.348 e. The minimum atomic E-state index is -1.58. The molecule has 0 saturated carbocycles. The van der Waals surface area contributed by atoms with Crippen molar-refractivity contribution < 1.29 is 10.2 Å². The molecular weight excluding hydrogens is 232 g/mol. The van der Waals surface area contributed by atoms with E-state index in [1.165, 1.54) is 0 Å². The number of nitrogens with zero attached hydrogens (tertiary/aromatic N) is 4. The molecule has 18 heavy (non-hydrogen) atoms. The molecule has 2 aliphatic rings. The van der Waals surface area contributed by atoms with E-state index in [4.69, 9.17) is 0 Å². The average Bonchev–Trinajstić information content (AvgIpc) is 2.58. The van der Waals surface area contributed by atoms with Gasteiger partial charge in [-0.05, 0) is 13.8 Å². The number of likely N-dealkylation sites (N-methyl/N-ethyl adjacent to an activating group) is 4. The Kier molecular flexibility index (Phi) is 2.57. The number of aliphatic hydroxyl groups is 2. The highest BCUT2D eigenvalue weighted by atomic mass is 16.4. The van der Waals surface area contributed by atoms with Crippen molar-refractivity contribution in [3.8, 4) is 0 Å². The van der Waals surface area contributed by atoms with Crippen LogP contribution in [0.4, 0.5) is 0 Å². The van der Waals surface area contributed by atoms with Gasteiger partial charge in [0, 0.05) is 27.2 Å². The SMILES string of the molecule is C=C1N(C)[C@]2(O)N(C)C(=C)N(CC)[C@]2(O)N1CC. The lowest BCUT2D eigenvalue weighted by Crippen LogP contribution is -2.67. The second-order valence-electron chi connectivity index (χ2n) is 4.71. The Bertz CT molecular complexity index is 379.